The second-order valence-corrected chi connectivity index (χ2v) is 5.37. The van der Waals surface area contributed by atoms with Crippen LogP contribution in [-0.4, -0.2) is 53.2 Å². The van der Waals surface area contributed by atoms with Crippen LogP contribution in [-0.2, 0) is 19.1 Å². The van der Waals surface area contributed by atoms with E-state index in [9.17, 15) is 14.7 Å². The van der Waals surface area contributed by atoms with Crippen LogP contribution in [0, 0.1) is 6.92 Å². The smallest absolute Gasteiger partial charge is 0.422 e. The van der Waals surface area contributed by atoms with Crippen LogP contribution in [0.1, 0.15) is 12.5 Å². The zero-order valence-electron chi connectivity index (χ0n) is 12.3. The highest BCUT2D eigenvalue weighted by Crippen LogP contribution is 2.37. The normalized spacial score (nSPS) is 27.0. The zero-order valence-corrected chi connectivity index (χ0v) is 12.3. The van der Waals surface area contributed by atoms with Gasteiger partial charge in [0, 0.05) is 13.1 Å². The van der Waals surface area contributed by atoms with Crippen molar-refractivity contribution in [3.05, 3.63) is 29.8 Å². The first kappa shape index (κ1) is 14.8. The maximum atomic E-state index is 11.4. The highest BCUT2D eigenvalue weighted by atomic mass is 16.8. The Bertz CT molecular complexity index is 600. The largest absolute Gasteiger partial charge is 0.486 e. The minimum atomic E-state index is -1.78. The van der Waals surface area contributed by atoms with Crippen LogP contribution in [0.25, 0.3) is 0 Å². The van der Waals surface area contributed by atoms with Gasteiger partial charge in [-0.05, 0) is 24.6 Å². The molecule has 1 N–H and O–H groups in total. The molecule has 22 heavy (non-hydrogen) atoms. The lowest BCUT2D eigenvalue weighted by Crippen LogP contribution is -2.53. The van der Waals surface area contributed by atoms with Crippen molar-refractivity contribution < 1.29 is 28.9 Å². The molecule has 2 heterocycles. The molecule has 0 radical (unpaired) electrons. The number of hydrogen-bond acceptors (Lipinski definition) is 7. The minimum absolute atomic E-state index is 0.270. The van der Waals surface area contributed by atoms with Gasteiger partial charge in [-0.25, -0.2) is 14.5 Å². The topological polar surface area (TPSA) is 85.3 Å². The van der Waals surface area contributed by atoms with Gasteiger partial charge in [0.1, 0.15) is 11.9 Å². The number of aryl methyl sites for hydroxylation is 1. The molecule has 0 bridgehead atoms. The molecule has 3 rings (SSSR count). The lowest BCUT2D eigenvalue weighted by Gasteiger charge is -2.31. The van der Waals surface area contributed by atoms with E-state index in [-0.39, 0.29) is 6.54 Å². The van der Waals surface area contributed by atoms with Gasteiger partial charge in [-0.2, -0.15) is 0 Å². The Morgan fingerprint density at radius 3 is 2.64 bits per heavy atom. The SMILES string of the molecule is CCN1CC(Oc2cccc(C)c2)C(O)C12OC(=O)C(=O)O2. The molecule has 2 unspecified atom stereocenters. The number of rotatable bonds is 3. The Morgan fingerprint density at radius 1 is 1.36 bits per heavy atom. The molecular formula is C15H17NO6. The van der Waals surface area contributed by atoms with E-state index in [1.807, 2.05) is 32.0 Å². The number of carbonyl (C=O) groups excluding carboxylic acids is 2. The van der Waals surface area contributed by atoms with Crippen molar-refractivity contribution in [2.45, 2.75) is 32.0 Å². The van der Waals surface area contributed by atoms with Crippen LogP contribution in [0.2, 0.25) is 0 Å². The number of esters is 2. The Kier molecular flexibility index (Phi) is 3.54. The van der Waals surface area contributed by atoms with Crippen LogP contribution in [0.4, 0.5) is 0 Å². The third kappa shape index (κ3) is 2.22. The molecule has 7 nitrogen and oxygen atoms in total. The maximum Gasteiger partial charge on any atom is 0.422 e. The molecule has 2 aliphatic rings. The molecule has 0 aromatic heterocycles. The van der Waals surface area contributed by atoms with Crippen molar-refractivity contribution in [2.75, 3.05) is 13.1 Å². The third-order valence-electron chi connectivity index (χ3n) is 3.87. The highest BCUT2D eigenvalue weighted by molar-refractivity contribution is 6.31. The summed E-state index contributed by atoms with van der Waals surface area (Å²) in [6, 6.07) is 7.38. The lowest BCUT2D eigenvalue weighted by atomic mass is 10.2. The van der Waals surface area contributed by atoms with Crippen molar-refractivity contribution in [1.82, 2.24) is 4.90 Å². The summed E-state index contributed by atoms with van der Waals surface area (Å²) in [6.07, 6.45) is -1.97. The second kappa shape index (κ2) is 5.26. The van der Waals surface area contributed by atoms with Gasteiger partial charge in [0.05, 0.1) is 0 Å². The Hall–Kier alpha value is -2.12. The molecule has 2 fully saturated rings. The number of likely N-dealkylation sites (tertiary alicyclic amines) is 1. The molecule has 7 heteroatoms. The molecule has 2 atom stereocenters. The Labute approximate surface area is 127 Å². The summed E-state index contributed by atoms with van der Waals surface area (Å²) < 4.78 is 15.8. The van der Waals surface area contributed by atoms with Crippen LogP contribution in [0.15, 0.2) is 24.3 Å². The number of ether oxygens (including phenoxy) is 3. The number of nitrogens with zero attached hydrogens (tertiary/aromatic N) is 1. The predicted octanol–water partition coefficient (Wildman–Crippen LogP) is 0.193. The number of aliphatic hydroxyl groups is 1. The quantitative estimate of drug-likeness (QED) is 0.630. The molecular weight excluding hydrogens is 290 g/mol. The summed E-state index contributed by atoms with van der Waals surface area (Å²) in [7, 11) is 0. The van der Waals surface area contributed by atoms with Gasteiger partial charge < -0.3 is 19.3 Å². The number of benzene rings is 1. The van der Waals surface area contributed by atoms with Crippen molar-refractivity contribution in [2.24, 2.45) is 0 Å². The van der Waals surface area contributed by atoms with Crippen LogP contribution >= 0.6 is 0 Å². The number of hydrogen-bond donors (Lipinski definition) is 1. The highest BCUT2D eigenvalue weighted by Gasteiger charge is 2.65. The summed E-state index contributed by atoms with van der Waals surface area (Å²) in [5, 5.41) is 10.5. The average Bonchev–Trinajstić information content (AvgIpc) is 2.91. The van der Waals surface area contributed by atoms with E-state index in [1.54, 1.807) is 11.0 Å². The van der Waals surface area contributed by atoms with E-state index in [1.165, 1.54) is 0 Å². The van der Waals surface area contributed by atoms with Gasteiger partial charge in [-0.3, -0.25) is 0 Å². The van der Waals surface area contributed by atoms with E-state index in [4.69, 9.17) is 14.2 Å². The van der Waals surface area contributed by atoms with Crippen molar-refractivity contribution >= 4 is 11.9 Å². The summed E-state index contributed by atoms with van der Waals surface area (Å²) in [5.74, 6) is -3.40. The fourth-order valence-corrected chi connectivity index (χ4v) is 2.80. The average molecular weight is 307 g/mol. The summed E-state index contributed by atoms with van der Waals surface area (Å²) >= 11 is 0. The second-order valence-electron chi connectivity index (χ2n) is 5.37. The van der Waals surface area contributed by atoms with E-state index in [0.29, 0.717) is 12.3 Å². The predicted molar refractivity (Wildman–Crippen MR) is 73.8 cm³/mol. The molecule has 1 aromatic rings. The number of carbonyl (C=O) groups is 2. The third-order valence-corrected chi connectivity index (χ3v) is 3.87. The maximum absolute atomic E-state index is 11.4. The molecule has 2 aliphatic heterocycles. The van der Waals surface area contributed by atoms with Crippen LogP contribution < -0.4 is 4.74 Å². The van der Waals surface area contributed by atoms with E-state index >= 15 is 0 Å². The zero-order chi connectivity index (χ0) is 15.9. The van der Waals surface area contributed by atoms with Crippen molar-refractivity contribution in [1.29, 1.82) is 0 Å². The van der Waals surface area contributed by atoms with Gasteiger partial charge in [0.25, 0.3) is 0 Å². The molecule has 1 aromatic carbocycles. The first-order valence-corrected chi connectivity index (χ1v) is 7.09. The monoisotopic (exact) mass is 307 g/mol. The van der Waals surface area contributed by atoms with Crippen LogP contribution in [0.5, 0.6) is 5.75 Å². The van der Waals surface area contributed by atoms with Crippen molar-refractivity contribution in [3.8, 4) is 5.75 Å². The minimum Gasteiger partial charge on any atom is -0.486 e. The van der Waals surface area contributed by atoms with Gasteiger partial charge >= 0.3 is 17.8 Å². The van der Waals surface area contributed by atoms with Gasteiger partial charge in [-0.15, -0.1) is 0 Å². The number of aliphatic hydroxyl groups excluding tert-OH is 1. The van der Waals surface area contributed by atoms with E-state index in [2.05, 4.69) is 0 Å². The standard InChI is InChI=1S/C15H17NO6/c1-3-16-8-11(20-10-6-4-5-9(2)7-10)12(17)15(16)21-13(18)14(19)22-15/h4-7,11-12,17H,3,8H2,1-2H3. The molecule has 2 saturated heterocycles. The van der Waals surface area contributed by atoms with Gasteiger partial charge in [0.2, 0.25) is 0 Å². The van der Waals surface area contributed by atoms with Crippen molar-refractivity contribution in [3.63, 3.8) is 0 Å². The fraction of sp³-hybridized carbons (Fsp3) is 0.467. The summed E-state index contributed by atoms with van der Waals surface area (Å²) in [4.78, 5) is 24.3. The first-order valence-electron chi connectivity index (χ1n) is 7.09. The summed E-state index contributed by atoms with van der Waals surface area (Å²) in [5.41, 5.74) is 1.02. The molecule has 0 aliphatic carbocycles. The van der Waals surface area contributed by atoms with Gasteiger partial charge in [0.15, 0.2) is 6.10 Å². The molecule has 118 valence electrons. The molecule has 0 amide bonds. The molecule has 1 spiro atoms. The number of likely N-dealkylation sites (N-methyl/N-ethyl adjacent to an activating group) is 1. The first-order chi connectivity index (χ1) is 10.5. The molecule has 0 saturated carbocycles. The fourth-order valence-electron chi connectivity index (χ4n) is 2.80. The Morgan fingerprint density at radius 2 is 2.05 bits per heavy atom. The summed E-state index contributed by atoms with van der Waals surface area (Å²) in [6.45, 7) is 4.43. The van der Waals surface area contributed by atoms with E-state index in [0.717, 1.165) is 5.56 Å². The van der Waals surface area contributed by atoms with Crippen LogP contribution in [0.3, 0.4) is 0 Å². The lowest BCUT2D eigenvalue weighted by molar-refractivity contribution is -0.270. The van der Waals surface area contributed by atoms with Gasteiger partial charge in [-0.1, -0.05) is 19.1 Å². The van der Waals surface area contributed by atoms with E-state index < -0.39 is 30.1 Å². The Balaban J connectivity index is 1.84.